The number of halogens is 2. The van der Waals surface area contributed by atoms with Crippen molar-refractivity contribution in [3.63, 3.8) is 0 Å². The minimum atomic E-state index is -0.315. The molecule has 1 aliphatic heterocycles. The van der Waals surface area contributed by atoms with Crippen molar-refractivity contribution in [3.05, 3.63) is 30.1 Å². The SMILES string of the molecule is CC1CC(NC(=O)CCCOc2cccc(F)c2)CCN1.Cl. The van der Waals surface area contributed by atoms with Crippen LogP contribution in [-0.4, -0.2) is 31.1 Å². The summed E-state index contributed by atoms with van der Waals surface area (Å²) in [6.45, 7) is 3.50. The van der Waals surface area contributed by atoms with Crippen molar-refractivity contribution in [2.45, 2.75) is 44.7 Å². The minimum Gasteiger partial charge on any atom is -0.493 e. The Balaban J connectivity index is 0.00000242. The van der Waals surface area contributed by atoms with E-state index in [0.29, 0.717) is 31.2 Å². The van der Waals surface area contributed by atoms with E-state index in [-0.39, 0.29) is 30.2 Å². The Morgan fingerprint density at radius 1 is 1.50 bits per heavy atom. The fourth-order valence-corrected chi connectivity index (χ4v) is 2.54. The molecule has 1 aliphatic rings. The lowest BCUT2D eigenvalue weighted by Gasteiger charge is -2.28. The predicted molar refractivity (Wildman–Crippen MR) is 87.0 cm³/mol. The van der Waals surface area contributed by atoms with Gasteiger partial charge < -0.3 is 15.4 Å². The molecule has 22 heavy (non-hydrogen) atoms. The van der Waals surface area contributed by atoms with E-state index in [1.807, 2.05) is 0 Å². The Morgan fingerprint density at radius 3 is 3.05 bits per heavy atom. The largest absolute Gasteiger partial charge is 0.493 e. The number of ether oxygens (including phenoxy) is 1. The van der Waals surface area contributed by atoms with Gasteiger partial charge in [-0.3, -0.25) is 4.79 Å². The molecule has 0 aliphatic carbocycles. The fraction of sp³-hybridized carbons (Fsp3) is 0.562. The van der Waals surface area contributed by atoms with E-state index in [9.17, 15) is 9.18 Å². The number of amides is 1. The Kier molecular flexibility index (Phi) is 8.20. The van der Waals surface area contributed by atoms with Gasteiger partial charge in [-0.05, 0) is 44.9 Å². The molecule has 0 bridgehead atoms. The van der Waals surface area contributed by atoms with E-state index in [1.165, 1.54) is 12.1 Å². The highest BCUT2D eigenvalue weighted by Crippen LogP contribution is 2.12. The summed E-state index contributed by atoms with van der Waals surface area (Å²) in [5, 5.41) is 6.42. The summed E-state index contributed by atoms with van der Waals surface area (Å²) in [4.78, 5) is 11.8. The summed E-state index contributed by atoms with van der Waals surface area (Å²) < 4.78 is 18.4. The maximum atomic E-state index is 12.9. The molecule has 0 aromatic heterocycles. The molecule has 0 saturated carbocycles. The first-order valence-corrected chi connectivity index (χ1v) is 7.54. The minimum absolute atomic E-state index is 0. The van der Waals surface area contributed by atoms with E-state index in [0.717, 1.165) is 19.4 Å². The molecular formula is C16H24ClFN2O2. The highest BCUT2D eigenvalue weighted by molar-refractivity contribution is 5.85. The number of carbonyl (C=O) groups excluding carboxylic acids is 1. The Labute approximate surface area is 137 Å². The number of hydrogen-bond donors (Lipinski definition) is 2. The molecule has 1 aromatic carbocycles. The van der Waals surface area contributed by atoms with Gasteiger partial charge in [-0.2, -0.15) is 0 Å². The van der Waals surface area contributed by atoms with Crippen LogP contribution in [0.1, 0.15) is 32.6 Å². The molecule has 1 saturated heterocycles. The number of nitrogens with one attached hydrogen (secondary N) is 2. The van der Waals surface area contributed by atoms with Crippen LogP contribution in [0.15, 0.2) is 24.3 Å². The average Bonchev–Trinajstić information content (AvgIpc) is 2.44. The maximum absolute atomic E-state index is 12.9. The molecule has 0 radical (unpaired) electrons. The summed E-state index contributed by atoms with van der Waals surface area (Å²) in [5.41, 5.74) is 0. The third-order valence-electron chi connectivity index (χ3n) is 3.60. The first-order valence-electron chi connectivity index (χ1n) is 7.54. The van der Waals surface area contributed by atoms with Crippen molar-refractivity contribution in [1.29, 1.82) is 0 Å². The molecule has 1 heterocycles. The van der Waals surface area contributed by atoms with Crippen molar-refractivity contribution in [2.75, 3.05) is 13.2 Å². The van der Waals surface area contributed by atoms with Crippen LogP contribution in [0, 0.1) is 5.82 Å². The molecular weight excluding hydrogens is 307 g/mol. The van der Waals surface area contributed by atoms with Crippen molar-refractivity contribution in [3.8, 4) is 5.75 Å². The van der Waals surface area contributed by atoms with Crippen molar-refractivity contribution in [2.24, 2.45) is 0 Å². The molecule has 1 fully saturated rings. The molecule has 0 spiro atoms. The monoisotopic (exact) mass is 330 g/mol. The van der Waals surface area contributed by atoms with Gasteiger partial charge >= 0.3 is 0 Å². The average molecular weight is 331 g/mol. The van der Waals surface area contributed by atoms with Crippen LogP contribution >= 0.6 is 12.4 Å². The van der Waals surface area contributed by atoms with Gasteiger partial charge in [0.2, 0.25) is 5.91 Å². The van der Waals surface area contributed by atoms with Crippen LogP contribution in [0.25, 0.3) is 0 Å². The quantitative estimate of drug-likeness (QED) is 0.788. The smallest absolute Gasteiger partial charge is 0.220 e. The van der Waals surface area contributed by atoms with Gasteiger partial charge in [-0.15, -0.1) is 12.4 Å². The molecule has 2 atom stereocenters. The predicted octanol–water partition coefficient (Wildman–Crippen LogP) is 2.66. The molecule has 124 valence electrons. The first kappa shape index (κ1) is 18.7. The van der Waals surface area contributed by atoms with Crippen molar-refractivity contribution in [1.82, 2.24) is 10.6 Å². The Morgan fingerprint density at radius 2 is 2.32 bits per heavy atom. The number of rotatable bonds is 6. The standard InChI is InChI=1S/C16H23FN2O2.ClH/c1-12-10-14(7-8-18-12)19-16(20)6-3-9-21-15-5-2-4-13(17)11-15;/h2,4-5,11-12,14,18H,3,6-10H2,1H3,(H,19,20);1H. The van der Waals surface area contributed by atoms with Gasteiger partial charge in [-0.25, -0.2) is 4.39 Å². The zero-order valence-corrected chi connectivity index (χ0v) is 13.6. The Bertz CT molecular complexity index is 473. The molecule has 2 unspecified atom stereocenters. The highest BCUT2D eigenvalue weighted by atomic mass is 35.5. The molecule has 6 heteroatoms. The zero-order valence-electron chi connectivity index (χ0n) is 12.8. The summed E-state index contributed by atoms with van der Waals surface area (Å²) >= 11 is 0. The van der Waals surface area contributed by atoms with Crippen LogP contribution in [0.2, 0.25) is 0 Å². The van der Waals surface area contributed by atoms with Gasteiger partial charge in [0.05, 0.1) is 6.61 Å². The normalized spacial score (nSPS) is 20.8. The number of benzene rings is 1. The number of hydrogen-bond acceptors (Lipinski definition) is 3. The second kappa shape index (κ2) is 9.64. The fourth-order valence-electron chi connectivity index (χ4n) is 2.54. The van der Waals surface area contributed by atoms with Crippen LogP contribution < -0.4 is 15.4 Å². The molecule has 2 rings (SSSR count). The lowest BCUT2D eigenvalue weighted by molar-refractivity contribution is -0.122. The summed E-state index contributed by atoms with van der Waals surface area (Å²) in [6, 6.07) is 6.77. The van der Waals surface area contributed by atoms with Gasteiger partial charge in [0.15, 0.2) is 0 Å². The number of carbonyl (C=O) groups is 1. The summed E-state index contributed by atoms with van der Waals surface area (Å²) in [7, 11) is 0. The third-order valence-corrected chi connectivity index (χ3v) is 3.60. The van der Waals surface area contributed by atoms with Gasteiger partial charge in [0.1, 0.15) is 11.6 Å². The third kappa shape index (κ3) is 6.62. The van der Waals surface area contributed by atoms with Crippen LogP contribution in [0.3, 0.4) is 0 Å². The van der Waals surface area contributed by atoms with Crippen LogP contribution in [0.4, 0.5) is 4.39 Å². The lowest BCUT2D eigenvalue weighted by Crippen LogP contribution is -2.46. The van der Waals surface area contributed by atoms with E-state index in [4.69, 9.17) is 4.74 Å². The summed E-state index contributed by atoms with van der Waals surface area (Å²) in [6.07, 6.45) is 3.03. The molecule has 2 N–H and O–H groups in total. The van der Waals surface area contributed by atoms with Gasteiger partial charge in [0.25, 0.3) is 0 Å². The first-order chi connectivity index (χ1) is 10.1. The zero-order chi connectivity index (χ0) is 15.1. The van der Waals surface area contributed by atoms with Gasteiger partial charge in [0, 0.05) is 24.6 Å². The topological polar surface area (TPSA) is 50.4 Å². The molecule has 4 nitrogen and oxygen atoms in total. The maximum Gasteiger partial charge on any atom is 0.220 e. The van der Waals surface area contributed by atoms with E-state index < -0.39 is 0 Å². The number of piperidine rings is 1. The molecule has 1 amide bonds. The van der Waals surface area contributed by atoms with Crippen molar-refractivity contribution < 1.29 is 13.9 Å². The highest BCUT2D eigenvalue weighted by Gasteiger charge is 2.19. The van der Waals surface area contributed by atoms with E-state index in [2.05, 4.69) is 17.6 Å². The van der Waals surface area contributed by atoms with Crippen molar-refractivity contribution >= 4 is 18.3 Å². The Hall–Kier alpha value is -1.33. The molecule has 1 aromatic rings. The van der Waals surface area contributed by atoms with E-state index >= 15 is 0 Å². The van der Waals surface area contributed by atoms with Crippen LogP contribution in [0.5, 0.6) is 5.75 Å². The van der Waals surface area contributed by atoms with Gasteiger partial charge in [-0.1, -0.05) is 6.07 Å². The summed E-state index contributed by atoms with van der Waals surface area (Å²) in [5.74, 6) is 0.254. The second-order valence-corrected chi connectivity index (χ2v) is 5.55. The second-order valence-electron chi connectivity index (χ2n) is 5.55. The lowest BCUT2D eigenvalue weighted by atomic mass is 10.0. The van der Waals surface area contributed by atoms with E-state index in [1.54, 1.807) is 12.1 Å². The van der Waals surface area contributed by atoms with Crippen LogP contribution in [-0.2, 0) is 4.79 Å².